The third-order valence-electron chi connectivity index (χ3n) is 4.82. The Hall–Kier alpha value is -1.32. The van der Waals surface area contributed by atoms with Gasteiger partial charge in [-0.1, -0.05) is 37.9 Å². The second kappa shape index (κ2) is 9.00. The fourth-order valence-corrected chi connectivity index (χ4v) is 4.92. The number of hydrogen-bond donors (Lipinski definition) is 2. The first-order chi connectivity index (χ1) is 12.9. The van der Waals surface area contributed by atoms with Gasteiger partial charge >= 0.3 is 6.18 Å². The van der Waals surface area contributed by atoms with Gasteiger partial charge in [0.2, 0.25) is 15.9 Å². The molecular weight excluding hydrogens is 417 g/mol. The van der Waals surface area contributed by atoms with Crippen LogP contribution in [0.15, 0.2) is 29.2 Å². The van der Waals surface area contributed by atoms with Crippen molar-refractivity contribution in [2.45, 2.75) is 62.7 Å². The van der Waals surface area contributed by atoms with E-state index in [1.807, 2.05) is 0 Å². The number of carbonyl (C=O) groups excluding carboxylic acids is 1. The molecule has 158 valence electrons. The summed E-state index contributed by atoms with van der Waals surface area (Å²) in [6, 6.07) is 3.85. The Morgan fingerprint density at radius 1 is 1.25 bits per heavy atom. The molecule has 28 heavy (non-hydrogen) atoms. The van der Waals surface area contributed by atoms with E-state index in [1.165, 1.54) is 24.3 Å². The van der Waals surface area contributed by atoms with Gasteiger partial charge in [-0.25, -0.2) is 8.42 Å². The van der Waals surface area contributed by atoms with Crippen LogP contribution in [0.2, 0.25) is 5.02 Å². The fourth-order valence-electron chi connectivity index (χ4n) is 3.27. The number of benzene rings is 1. The van der Waals surface area contributed by atoms with E-state index in [-0.39, 0.29) is 22.8 Å². The lowest BCUT2D eigenvalue weighted by atomic mass is 9.85. The molecule has 0 aromatic heterocycles. The van der Waals surface area contributed by atoms with Crippen LogP contribution in [-0.2, 0) is 14.8 Å². The topological polar surface area (TPSA) is 75.3 Å². The third-order valence-corrected chi connectivity index (χ3v) is 6.50. The molecule has 1 aliphatic carbocycles. The number of sulfonamides is 1. The summed E-state index contributed by atoms with van der Waals surface area (Å²) in [6.45, 7) is 3.31. The molecular formula is C18H24ClF3N2O3S. The maximum Gasteiger partial charge on any atom is 0.391 e. The zero-order valence-electron chi connectivity index (χ0n) is 15.6. The molecule has 3 atom stereocenters. The maximum atomic E-state index is 13.0. The molecule has 2 N–H and O–H groups in total. The lowest BCUT2D eigenvalue weighted by Gasteiger charge is -2.32. The molecule has 2 unspecified atom stereocenters. The summed E-state index contributed by atoms with van der Waals surface area (Å²) in [5.74, 6) is -2.49. The van der Waals surface area contributed by atoms with Crippen LogP contribution in [0.4, 0.5) is 13.2 Å². The number of nitrogens with one attached hydrogen (secondary N) is 2. The molecule has 0 saturated heterocycles. The number of halogens is 4. The van der Waals surface area contributed by atoms with Crippen LogP contribution in [0.1, 0.15) is 39.5 Å². The summed E-state index contributed by atoms with van der Waals surface area (Å²) in [6.07, 6.45) is -3.65. The van der Waals surface area contributed by atoms with Gasteiger partial charge in [-0.3, -0.25) is 4.79 Å². The van der Waals surface area contributed by atoms with Crippen LogP contribution in [-0.4, -0.2) is 32.6 Å². The van der Waals surface area contributed by atoms with E-state index in [9.17, 15) is 26.4 Å². The zero-order valence-corrected chi connectivity index (χ0v) is 17.2. The van der Waals surface area contributed by atoms with Gasteiger partial charge in [-0.2, -0.15) is 17.9 Å². The molecule has 1 aromatic carbocycles. The van der Waals surface area contributed by atoms with Crippen molar-refractivity contribution < 1.29 is 26.4 Å². The predicted octanol–water partition coefficient (Wildman–Crippen LogP) is 3.88. The lowest BCUT2D eigenvalue weighted by Crippen LogP contribution is -2.53. The Labute approximate surface area is 168 Å². The Morgan fingerprint density at radius 3 is 2.50 bits per heavy atom. The van der Waals surface area contributed by atoms with Crippen LogP contribution in [0, 0.1) is 11.8 Å². The number of carbonyl (C=O) groups is 1. The van der Waals surface area contributed by atoms with Gasteiger partial charge in [0, 0.05) is 11.1 Å². The first-order valence-electron chi connectivity index (χ1n) is 9.05. The second-order valence-electron chi connectivity index (χ2n) is 7.41. The minimum absolute atomic E-state index is 0.0465. The highest BCUT2D eigenvalue weighted by Gasteiger charge is 2.42. The van der Waals surface area contributed by atoms with E-state index in [4.69, 9.17) is 11.6 Å². The average molecular weight is 441 g/mol. The van der Waals surface area contributed by atoms with E-state index in [1.54, 1.807) is 13.8 Å². The smallest absolute Gasteiger partial charge is 0.352 e. The molecule has 0 radical (unpaired) electrons. The number of hydrogen-bond acceptors (Lipinski definition) is 3. The van der Waals surface area contributed by atoms with Crippen LogP contribution in [0.5, 0.6) is 0 Å². The van der Waals surface area contributed by atoms with Gasteiger partial charge in [-0.05, 0) is 43.4 Å². The number of amides is 1. The van der Waals surface area contributed by atoms with Crippen molar-refractivity contribution in [2.75, 3.05) is 0 Å². The third kappa shape index (κ3) is 6.09. The van der Waals surface area contributed by atoms with Crippen molar-refractivity contribution in [3.05, 3.63) is 29.3 Å². The van der Waals surface area contributed by atoms with E-state index in [0.717, 1.165) is 0 Å². The summed E-state index contributed by atoms with van der Waals surface area (Å²) < 4.78 is 66.4. The molecule has 2 rings (SSSR count). The van der Waals surface area contributed by atoms with Crippen LogP contribution in [0.25, 0.3) is 0 Å². The Kier molecular flexibility index (Phi) is 7.38. The van der Waals surface area contributed by atoms with Crippen molar-refractivity contribution in [3.63, 3.8) is 0 Å². The molecule has 1 saturated carbocycles. The van der Waals surface area contributed by atoms with Crippen LogP contribution < -0.4 is 10.0 Å². The van der Waals surface area contributed by atoms with Gasteiger partial charge in [0.15, 0.2) is 0 Å². The van der Waals surface area contributed by atoms with Crippen molar-refractivity contribution in [2.24, 2.45) is 11.8 Å². The van der Waals surface area contributed by atoms with Crippen molar-refractivity contribution in [1.29, 1.82) is 0 Å². The van der Waals surface area contributed by atoms with Crippen molar-refractivity contribution in [1.82, 2.24) is 10.0 Å². The van der Waals surface area contributed by atoms with Gasteiger partial charge in [-0.15, -0.1) is 0 Å². The second-order valence-corrected chi connectivity index (χ2v) is 9.56. The number of rotatable bonds is 6. The molecule has 1 fully saturated rings. The van der Waals surface area contributed by atoms with Gasteiger partial charge in [0.05, 0.1) is 10.8 Å². The summed E-state index contributed by atoms with van der Waals surface area (Å²) in [7, 11) is -4.02. The SMILES string of the molecule is CC(C)[C@H](NS(=O)(=O)c1cccc(Cl)c1)C(=O)NC1CCCC(C(F)(F)F)C1. The standard InChI is InChI=1S/C18H24ClF3N2O3S/c1-11(2)16(24-28(26,27)15-8-4-6-13(19)10-15)17(25)23-14-7-3-5-12(9-14)18(20,21)22/h4,6,8,10-12,14,16,24H,3,5,7,9H2,1-2H3,(H,23,25)/t12?,14?,16-/m0/s1. The van der Waals surface area contributed by atoms with Crippen LogP contribution >= 0.6 is 11.6 Å². The Balaban J connectivity index is 2.10. The highest BCUT2D eigenvalue weighted by molar-refractivity contribution is 7.89. The highest BCUT2D eigenvalue weighted by Crippen LogP contribution is 2.37. The molecule has 0 aliphatic heterocycles. The molecule has 1 aromatic rings. The molecule has 0 bridgehead atoms. The predicted molar refractivity (Wildman–Crippen MR) is 100 cm³/mol. The fraction of sp³-hybridized carbons (Fsp3) is 0.611. The summed E-state index contributed by atoms with van der Waals surface area (Å²) in [5, 5.41) is 2.83. The van der Waals surface area contributed by atoms with E-state index in [0.29, 0.717) is 12.8 Å². The largest absolute Gasteiger partial charge is 0.391 e. The first-order valence-corrected chi connectivity index (χ1v) is 10.9. The summed E-state index contributed by atoms with van der Waals surface area (Å²) in [5.41, 5.74) is 0. The summed E-state index contributed by atoms with van der Waals surface area (Å²) in [4.78, 5) is 12.6. The van der Waals surface area contributed by atoms with Gasteiger partial charge in [0.1, 0.15) is 6.04 Å². The van der Waals surface area contributed by atoms with Crippen LogP contribution in [0.3, 0.4) is 0 Å². The average Bonchev–Trinajstić information content (AvgIpc) is 2.59. The molecule has 0 heterocycles. The minimum atomic E-state index is -4.30. The van der Waals surface area contributed by atoms with Crippen molar-refractivity contribution in [3.8, 4) is 0 Å². The number of alkyl halides is 3. The zero-order chi connectivity index (χ0) is 21.1. The monoisotopic (exact) mass is 440 g/mol. The minimum Gasteiger partial charge on any atom is -0.352 e. The lowest BCUT2D eigenvalue weighted by molar-refractivity contribution is -0.184. The highest BCUT2D eigenvalue weighted by atomic mass is 35.5. The first kappa shape index (κ1) is 23.0. The van der Waals surface area contributed by atoms with E-state index < -0.39 is 46.0 Å². The molecule has 1 aliphatic rings. The van der Waals surface area contributed by atoms with Gasteiger partial charge < -0.3 is 5.32 Å². The van der Waals surface area contributed by atoms with E-state index >= 15 is 0 Å². The molecule has 10 heteroatoms. The normalized spacial score (nSPS) is 22.1. The molecule has 1 amide bonds. The summed E-state index contributed by atoms with van der Waals surface area (Å²) >= 11 is 5.83. The Morgan fingerprint density at radius 2 is 1.93 bits per heavy atom. The van der Waals surface area contributed by atoms with Gasteiger partial charge in [0.25, 0.3) is 0 Å². The Bertz CT molecular complexity index is 800. The molecule has 0 spiro atoms. The van der Waals surface area contributed by atoms with Crippen molar-refractivity contribution >= 4 is 27.5 Å². The quantitative estimate of drug-likeness (QED) is 0.704. The van der Waals surface area contributed by atoms with E-state index in [2.05, 4.69) is 10.0 Å². The molecule has 5 nitrogen and oxygen atoms in total. The maximum absolute atomic E-state index is 13.0.